The largest absolute Gasteiger partial charge is 0.493 e. The Labute approximate surface area is 129 Å². The molecule has 0 bridgehead atoms. The van der Waals surface area contributed by atoms with Crippen molar-refractivity contribution in [3.8, 4) is 11.5 Å². The molecule has 0 saturated carbocycles. The van der Waals surface area contributed by atoms with Gasteiger partial charge in [0, 0.05) is 5.02 Å². The summed E-state index contributed by atoms with van der Waals surface area (Å²) in [6.45, 7) is 0. The molecule has 0 amide bonds. The number of halogens is 1. The van der Waals surface area contributed by atoms with E-state index in [2.05, 4.69) is 5.43 Å². The Bertz CT molecular complexity index is 605. The number of benzene rings is 2. The highest BCUT2D eigenvalue weighted by Crippen LogP contribution is 2.31. The van der Waals surface area contributed by atoms with Crippen molar-refractivity contribution < 1.29 is 9.47 Å². The summed E-state index contributed by atoms with van der Waals surface area (Å²) in [6.07, 6.45) is 0.729. The van der Waals surface area contributed by atoms with Gasteiger partial charge in [0.1, 0.15) is 0 Å². The van der Waals surface area contributed by atoms with Gasteiger partial charge in [-0.3, -0.25) is 11.3 Å². The van der Waals surface area contributed by atoms with Crippen molar-refractivity contribution in [2.75, 3.05) is 14.2 Å². The van der Waals surface area contributed by atoms with Crippen LogP contribution in [0.25, 0.3) is 0 Å². The molecule has 5 heteroatoms. The minimum absolute atomic E-state index is 0.0386. The van der Waals surface area contributed by atoms with Crippen LogP contribution in [0.5, 0.6) is 11.5 Å². The first-order valence-electron chi connectivity index (χ1n) is 6.60. The molecule has 2 aromatic rings. The summed E-state index contributed by atoms with van der Waals surface area (Å²) in [4.78, 5) is 0. The van der Waals surface area contributed by atoms with E-state index < -0.39 is 0 Å². The van der Waals surface area contributed by atoms with Crippen LogP contribution in [0.1, 0.15) is 17.2 Å². The second kappa shape index (κ2) is 7.31. The highest BCUT2D eigenvalue weighted by molar-refractivity contribution is 6.30. The standard InChI is InChI=1S/C16H19ClN2O2/c1-20-15-7-6-12(10-16(15)21-2)14(19-18)9-11-4-3-5-13(17)8-11/h3-8,10,14,19H,9,18H2,1-2H3. The lowest BCUT2D eigenvalue weighted by Gasteiger charge is -2.18. The molecule has 4 nitrogen and oxygen atoms in total. The Kier molecular flexibility index (Phi) is 5.44. The summed E-state index contributed by atoms with van der Waals surface area (Å²) < 4.78 is 10.6. The molecule has 1 unspecified atom stereocenters. The van der Waals surface area contributed by atoms with Gasteiger partial charge in [-0.2, -0.15) is 0 Å². The third-order valence-electron chi connectivity index (χ3n) is 3.34. The molecule has 3 N–H and O–H groups in total. The van der Waals surface area contributed by atoms with Crippen molar-refractivity contribution >= 4 is 11.6 Å². The number of methoxy groups -OCH3 is 2. The van der Waals surface area contributed by atoms with E-state index in [4.69, 9.17) is 26.9 Å². The highest BCUT2D eigenvalue weighted by Gasteiger charge is 2.14. The summed E-state index contributed by atoms with van der Waals surface area (Å²) in [5.74, 6) is 7.07. The van der Waals surface area contributed by atoms with Crippen LogP contribution in [0.4, 0.5) is 0 Å². The SMILES string of the molecule is COc1ccc(C(Cc2cccc(Cl)c2)NN)cc1OC. The molecule has 0 aliphatic carbocycles. The van der Waals surface area contributed by atoms with Crippen LogP contribution in [0.3, 0.4) is 0 Å². The van der Waals surface area contributed by atoms with Crippen LogP contribution in [0.2, 0.25) is 5.02 Å². The third kappa shape index (κ3) is 3.88. The molecule has 0 aliphatic rings. The Balaban J connectivity index is 2.25. The summed E-state index contributed by atoms with van der Waals surface area (Å²) in [5, 5.41) is 0.718. The average Bonchev–Trinajstić information content (AvgIpc) is 2.52. The predicted molar refractivity (Wildman–Crippen MR) is 84.8 cm³/mol. The molecule has 2 rings (SSSR count). The number of nitrogens with one attached hydrogen (secondary N) is 1. The van der Waals surface area contributed by atoms with Gasteiger partial charge in [-0.05, 0) is 41.8 Å². The smallest absolute Gasteiger partial charge is 0.161 e. The quantitative estimate of drug-likeness (QED) is 0.636. The molecular weight excluding hydrogens is 288 g/mol. The topological polar surface area (TPSA) is 56.5 Å². The van der Waals surface area contributed by atoms with Crippen LogP contribution in [-0.4, -0.2) is 14.2 Å². The van der Waals surface area contributed by atoms with Gasteiger partial charge >= 0.3 is 0 Å². The van der Waals surface area contributed by atoms with Gasteiger partial charge in [-0.1, -0.05) is 29.8 Å². The van der Waals surface area contributed by atoms with Gasteiger partial charge in [0.15, 0.2) is 11.5 Å². The predicted octanol–water partition coefficient (Wildman–Crippen LogP) is 3.10. The fraction of sp³-hybridized carbons (Fsp3) is 0.250. The second-order valence-corrected chi connectivity index (χ2v) is 5.10. The number of hydrogen-bond acceptors (Lipinski definition) is 4. The van der Waals surface area contributed by atoms with Gasteiger partial charge in [0.05, 0.1) is 20.3 Å². The molecule has 0 saturated heterocycles. The molecular formula is C16H19ClN2O2. The summed E-state index contributed by atoms with van der Waals surface area (Å²) in [7, 11) is 3.23. The van der Waals surface area contributed by atoms with Crippen LogP contribution < -0.4 is 20.7 Å². The van der Waals surface area contributed by atoms with Crippen molar-refractivity contribution in [1.29, 1.82) is 0 Å². The lowest BCUT2D eigenvalue weighted by atomic mass is 9.99. The normalized spacial score (nSPS) is 12.0. The van der Waals surface area contributed by atoms with E-state index in [-0.39, 0.29) is 6.04 Å². The third-order valence-corrected chi connectivity index (χ3v) is 3.58. The minimum Gasteiger partial charge on any atom is -0.493 e. The van der Waals surface area contributed by atoms with Crippen LogP contribution in [-0.2, 0) is 6.42 Å². The highest BCUT2D eigenvalue weighted by atomic mass is 35.5. The van der Waals surface area contributed by atoms with Gasteiger partial charge in [-0.15, -0.1) is 0 Å². The molecule has 21 heavy (non-hydrogen) atoms. The van der Waals surface area contributed by atoms with Gasteiger partial charge < -0.3 is 9.47 Å². The molecule has 0 fully saturated rings. The maximum atomic E-state index is 6.02. The lowest BCUT2D eigenvalue weighted by Crippen LogP contribution is -2.29. The van der Waals surface area contributed by atoms with E-state index >= 15 is 0 Å². The van der Waals surface area contributed by atoms with Crippen LogP contribution in [0, 0.1) is 0 Å². The molecule has 0 aliphatic heterocycles. The molecule has 0 spiro atoms. The first-order chi connectivity index (χ1) is 10.2. The van der Waals surface area contributed by atoms with E-state index in [9.17, 15) is 0 Å². The number of nitrogens with two attached hydrogens (primary N) is 1. The number of rotatable bonds is 6. The summed E-state index contributed by atoms with van der Waals surface area (Å²) in [5.41, 5.74) is 4.97. The van der Waals surface area contributed by atoms with E-state index in [1.807, 2.05) is 42.5 Å². The maximum Gasteiger partial charge on any atom is 0.161 e. The summed E-state index contributed by atoms with van der Waals surface area (Å²) in [6, 6.07) is 13.5. The molecule has 0 aromatic heterocycles. The number of ether oxygens (including phenoxy) is 2. The molecule has 1 atom stereocenters. The first-order valence-corrected chi connectivity index (χ1v) is 6.98. The van der Waals surface area contributed by atoms with Crippen molar-refractivity contribution in [2.24, 2.45) is 5.84 Å². The second-order valence-electron chi connectivity index (χ2n) is 4.67. The van der Waals surface area contributed by atoms with E-state index in [1.165, 1.54) is 0 Å². The monoisotopic (exact) mass is 306 g/mol. The zero-order valence-electron chi connectivity index (χ0n) is 12.1. The minimum atomic E-state index is -0.0386. The van der Waals surface area contributed by atoms with Crippen LogP contribution in [0.15, 0.2) is 42.5 Å². The average molecular weight is 307 g/mol. The van der Waals surface area contributed by atoms with E-state index in [0.29, 0.717) is 11.5 Å². The van der Waals surface area contributed by atoms with Crippen molar-refractivity contribution in [1.82, 2.24) is 5.43 Å². The molecule has 0 heterocycles. The van der Waals surface area contributed by atoms with Gasteiger partial charge in [0.25, 0.3) is 0 Å². The summed E-state index contributed by atoms with van der Waals surface area (Å²) >= 11 is 6.02. The van der Waals surface area contributed by atoms with Gasteiger partial charge in [-0.25, -0.2) is 0 Å². The molecule has 0 radical (unpaired) electrons. The van der Waals surface area contributed by atoms with Crippen molar-refractivity contribution in [2.45, 2.75) is 12.5 Å². The maximum absolute atomic E-state index is 6.02. The zero-order chi connectivity index (χ0) is 15.2. The van der Waals surface area contributed by atoms with Crippen molar-refractivity contribution in [3.05, 3.63) is 58.6 Å². The molecule has 112 valence electrons. The fourth-order valence-electron chi connectivity index (χ4n) is 2.24. The Morgan fingerprint density at radius 1 is 1.10 bits per heavy atom. The number of hydrogen-bond donors (Lipinski definition) is 2. The van der Waals surface area contributed by atoms with Gasteiger partial charge in [0.2, 0.25) is 0 Å². The van der Waals surface area contributed by atoms with E-state index in [1.54, 1.807) is 14.2 Å². The van der Waals surface area contributed by atoms with E-state index in [0.717, 1.165) is 22.6 Å². The Morgan fingerprint density at radius 2 is 1.86 bits per heavy atom. The Hall–Kier alpha value is -1.75. The van der Waals surface area contributed by atoms with Crippen LogP contribution >= 0.6 is 11.6 Å². The molecule has 2 aromatic carbocycles. The van der Waals surface area contributed by atoms with Crippen molar-refractivity contribution in [3.63, 3.8) is 0 Å². The Morgan fingerprint density at radius 3 is 2.48 bits per heavy atom. The number of hydrazine groups is 1. The fourth-order valence-corrected chi connectivity index (χ4v) is 2.46. The lowest BCUT2D eigenvalue weighted by molar-refractivity contribution is 0.353. The zero-order valence-corrected chi connectivity index (χ0v) is 12.9. The first kappa shape index (κ1) is 15.6.